The van der Waals surface area contributed by atoms with E-state index in [4.69, 9.17) is 64.8 Å². The molecule has 0 fully saturated rings. The van der Waals surface area contributed by atoms with Gasteiger partial charge in [0, 0.05) is 38.8 Å². The van der Waals surface area contributed by atoms with Crippen molar-refractivity contribution in [2.24, 2.45) is 55.9 Å². The summed E-state index contributed by atoms with van der Waals surface area (Å²) in [5, 5.41) is 8.43. The third-order valence-corrected chi connectivity index (χ3v) is 13.4. The van der Waals surface area contributed by atoms with Gasteiger partial charge in [-0.05, 0) is 135 Å². The number of primary amides is 1. The van der Waals surface area contributed by atoms with Gasteiger partial charge in [-0.15, -0.1) is 0 Å². The lowest BCUT2D eigenvalue weighted by Gasteiger charge is -2.21. The van der Waals surface area contributed by atoms with Crippen LogP contribution in [0.15, 0.2) is 82.8 Å². The van der Waals surface area contributed by atoms with E-state index in [-0.39, 0.29) is 146 Å². The third-order valence-electron chi connectivity index (χ3n) is 13.4. The number of nitrogens with zero attached hydrogens (tertiary/aromatic N) is 2. The quantitative estimate of drug-likeness (QED) is 0.0167. The number of amides is 4. The number of benzene rings is 4. The molecule has 25 heteroatoms. The van der Waals surface area contributed by atoms with E-state index >= 15 is 0 Å². The fourth-order valence-corrected chi connectivity index (χ4v) is 8.97. The van der Waals surface area contributed by atoms with Crippen molar-refractivity contribution in [2.45, 2.75) is 101 Å². The van der Waals surface area contributed by atoms with E-state index in [1.54, 1.807) is 30.3 Å². The van der Waals surface area contributed by atoms with Gasteiger partial charge in [0.05, 0.1) is 74.9 Å². The summed E-state index contributed by atoms with van der Waals surface area (Å²) in [6.07, 6.45) is 1.49. The molecular weight excluding hydrogens is 1070 g/mol. The summed E-state index contributed by atoms with van der Waals surface area (Å²) in [5.41, 5.74) is 47.1. The zero-order valence-electron chi connectivity index (χ0n) is 47.5. The summed E-state index contributed by atoms with van der Waals surface area (Å²) >= 11 is 0. The van der Waals surface area contributed by atoms with Crippen LogP contribution in [0.2, 0.25) is 0 Å². The molecule has 25 nitrogen and oxygen atoms in total. The molecule has 0 saturated heterocycles. The maximum atomic E-state index is 14.4. The lowest BCUT2D eigenvalue weighted by Crippen LogP contribution is -2.42. The van der Waals surface area contributed by atoms with Crippen molar-refractivity contribution in [3.05, 3.63) is 117 Å². The maximum Gasteiger partial charge on any atom is 0.255 e. The van der Waals surface area contributed by atoms with Crippen LogP contribution in [0.1, 0.15) is 115 Å². The Kier molecular flexibility index (Phi) is 27.1. The summed E-state index contributed by atoms with van der Waals surface area (Å²) in [4.78, 5) is 118. The van der Waals surface area contributed by atoms with Crippen LogP contribution in [0.5, 0.6) is 23.0 Å². The van der Waals surface area contributed by atoms with Gasteiger partial charge in [-0.1, -0.05) is 24.3 Å². The van der Waals surface area contributed by atoms with Gasteiger partial charge in [-0.2, -0.15) is 0 Å². The molecule has 0 aliphatic heterocycles. The Bertz CT molecular complexity index is 3000. The van der Waals surface area contributed by atoms with Crippen LogP contribution in [0.4, 0.5) is 0 Å². The second kappa shape index (κ2) is 33.7. The standard InChI is InChI=1S/C58H79N13O12/c1-80-49-17-13-33(25-37(49)53(62)76)30-46(73)42(10-6-22-60)69-54(77)39-27-35(15-19-51(39)82-3)31-48(75)44(12-8-24-68-58(65)66)71-56(79)40-28-36(16-20-52(40)83-4)32-47(74)43(11-7-23-67-57(63)64)70-55(78)38-26-34(14-18-50(38)81-2)29-45(72)41(61)9-5-21-59/h13-20,25-28,41-44H,5-12,21-24,29-32,59-61H2,1-4H3,(H2,62,76)(H,69,77)(H,70,78)(H,71,79)(H4,63,64,67)(H4,65,66,68)/t41-,42-,43-,44-/m1/s1. The SMILES string of the molecule is COc1ccc(CC(=O)[C@@H](CCCN)NC(=O)c2cc(CC(=O)[C@@H](CCCN=C(N)N)NC(=O)c3cc(CC(=O)[C@@H](CCCN=C(N)N)NC(=O)c4cc(CC(=O)[C@H](N)CCCN)ccc4OC)ccc3OC)ccc2OC)cc1C(N)=O. The summed E-state index contributed by atoms with van der Waals surface area (Å²) in [6, 6.07) is 14.4. The second-order valence-corrected chi connectivity index (χ2v) is 19.5. The first-order chi connectivity index (χ1) is 39.7. The van der Waals surface area contributed by atoms with Crippen molar-refractivity contribution in [3.63, 3.8) is 0 Å². The third kappa shape index (κ3) is 20.8. The normalized spacial score (nSPS) is 12.3. The second-order valence-electron chi connectivity index (χ2n) is 19.5. The molecule has 0 unspecified atom stereocenters. The Morgan fingerprint density at radius 1 is 0.422 bits per heavy atom. The van der Waals surface area contributed by atoms with E-state index in [1.807, 2.05) is 0 Å². The Balaban J connectivity index is 1.60. The predicted molar refractivity (Wildman–Crippen MR) is 313 cm³/mol. The first-order valence-corrected chi connectivity index (χ1v) is 26.9. The van der Waals surface area contributed by atoms with Crippen LogP contribution < -0.4 is 80.8 Å². The number of Topliss-reactive ketones (excluding diaryl/α,β-unsaturated/α-hetero) is 4. The minimum atomic E-state index is -1.15. The summed E-state index contributed by atoms with van der Waals surface area (Å²) < 4.78 is 21.8. The molecule has 0 aliphatic carbocycles. The lowest BCUT2D eigenvalue weighted by molar-refractivity contribution is -0.121. The fourth-order valence-electron chi connectivity index (χ4n) is 8.97. The van der Waals surface area contributed by atoms with E-state index in [0.717, 1.165) is 0 Å². The molecule has 0 aliphatic rings. The molecule has 0 saturated carbocycles. The number of methoxy groups -OCH3 is 4. The first-order valence-electron chi connectivity index (χ1n) is 26.9. The molecule has 4 rings (SSSR count). The first kappa shape index (κ1) is 66.6. The van der Waals surface area contributed by atoms with Gasteiger partial charge in [-0.25, -0.2) is 0 Å². The monoisotopic (exact) mass is 1150 g/mol. The zero-order chi connectivity index (χ0) is 61.2. The number of nitrogens with two attached hydrogens (primary N) is 8. The highest BCUT2D eigenvalue weighted by molar-refractivity contribution is 6.03. The van der Waals surface area contributed by atoms with Crippen LogP contribution in [-0.4, -0.2) is 137 Å². The summed E-state index contributed by atoms with van der Waals surface area (Å²) in [5.74, 6) is -3.96. The molecule has 19 N–H and O–H groups in total. The minimum absolute atomic E-state index is 0.0151. The Morgan fingerprint density at radius 3 is 1.01 bits per heavy atom. The molecule has 0 aromatic heterocycles. The highest BCUT2D eigenvalue weighted by Gasteiger charge is 2.29. The Morgan fingerprint density at radius 2 is 0.711 bits per heavy atom. The number of carbonyl (C=O) groups is 8. The van der Waals surface area contributed by atoms with Crippen LogP contribution in [0, 0.1) is 0 Å². The van der Waals surface area contributed by atoms with Gasteiger partial charge in [-0.3, -0.25) is 48.3 Å². The number of rotatable bonds is 37. The largest absolute Gasteiger partial charge is 0.496 e. The van der Waals surface area contributed by atoms with Crippen molar-refractivity contribution < 1.29 is 57.3 Å². The highest BCUT2D eigenvalue weighted by atomic mass is 16.5. The number of aliphatic imine (C=N–C) groups is 2. The topological polar surface area (TPSA) is 442 Å². The van der Waals surface area contributed by atoms with Gasteiger partial charge >= 0.3 is 0 Å². The van der Waals surface area contributed by atoms with Crippen molar-refractivity contribution >= 4 is 58.7 Å². The molecule has 4 aromatic carbocycles. The number of nitrogens with one attached hydrogen (secondary N) is 3. The molecule has 4 amide bonds. The number of ketones is 4. The summed E-state index contributed by atoms with van der Waals surface area (Å²) in [7, 11) is 5.47. The molecule has 4 aromatic rings. The van der Waals surface area contributed by atoms with Crippen LogP contribution >= 0.6 is 0 Å². The number of guanidine groups is 2. The van der Waals surface area contributed by atoms with E-state index < -0.39 is 59.4 Å². The molecule has 0 radical (unpaired) electrons. The highest BCUT2D eigenvalue weighted by Crippen LogP contribution is 2.26. The molecule has 0 heterocycles. The predicted octanol–water partition coefficient (Wildman–Crippen LogP) is 0.574. The number of ether oxygens (including phenoxy) is 4. The van der Waals surface area contributed by atoms with Crippen LogP contribution in [0.3, 0.4) is 0 Å². The molecule has 0 bridgehead atoms. The van der Waals surface area contributed by atoms with Crippen molar-refractivity contribution in [1.29, 1.82) is 0 Å². The van der Waals surface area contributed by atoms with Gasteiger partial charge < -0.3 is 80.8 Å². The molecular formula is C58H79N13O12. The van der Waals surface area contributed by atoms with Crippen LogP contribution in [-0.2, 0) is 44.9 Å². The Labute approximate surface area is 482 Å². The van der Waals surface area contributed by atoms with Gasteiger partial charge in [0.25, 0.3) is 23.6 Å². The van der Waals surface area contributed by atoms with E-state index in [0.29, 0.717) is 48.1 Å². The average Bonchev–Trinajstić information content (AvgIpc) is 3.52. The minimum Gasteiger partial charge on any atom is -0.496 e. The average molecular weight is 1150 g/mol. The van der Waals surface area contributed by atoms with E-state index in [9.17, 15) is 38.4 Å². The molecule has 448 valence electrons. The fraction of sp³-hybridized carbons (Fsp3) is 0.414. The van der Waals surface area contributed by atoms with Gasteiger partial charge in [0.2, 0.25) is 0 Å². The van der Waals surface area contributed by atoms with Crippen molar-refractivity contribution in [3.8, 4) is 23.0 Å². The van der Waals surface area contributed by atoms with Crippen LogP contribution in [0.25, 0.3) is 0 Å². The molecule has 0 spiro atoms. The van der Waals surface area contributed by atoms with Crippen molar-refractivity contribution in [2.75, 3.05) is 54.6 Å². The zero-order valence-corrected chi connectivity index (χ0v) is 47.5. The van der Waals surface area contributed by atoms with Gasteiger partial charge in [0.1, 0.15) is 23.0 Å². The number of hydrogen-bond acceptors (Lipinski definition) is 17. The maximum absolute atomic E-state index is 14.4. The van der Waals surface area contributed by atoms with Crippen molar-refractivity contribution in [1.82, 2.24) is 16.0 Å². The lowest BCUT2D eigenvalue weighted by atomic mass is 9.96. The molecule has 83 heavy (non-hydrogen) atoms. The van der Waals surface area contributed by atoms with E-state index in [2.05, 4.69) is 25.9 Å². The smallest absolute Gasteiger partial charge is 0.255 e. The Hall–Kier alpha value is -8.94. The summed E-state index contributed by atoms with van der Waals surface area (Å²) in [6.45, 7) is 0.884. The van der Waals surface area contributed by atoms with E-state index in [1.165, 1.54) is 70.9 Å². The number of hydrogen-bond donors (Lipinski definition) is 11. The number of carbonyl (C=O) groups excluding carboxylic acids is 8. The van der Waals surface area contributed by atoms with Gasteiger partial charge in [0.15, 0.2) is 35.1 Å². The molecule has 4 atom stereocenters.